The highest BCUT2D eigenvalue weighted by Crippen LogP contribution is 2.24. The van der Waals surface area contributed by atoms with Crippen molar-refractivity contribution in [3.63, 3.8) is 0 Å². The van der Waals surface area contributed by atoms with E-state index in [0.717, 1.165) is 47.9 Å². The number of anilines is 1. The first-order valence-corrected chi connectivity index (χ1v) is 12.0. The van der Waals surface area contributed by atoms with Gasteiger partial charge < -0.3 is 14.5 Å². The van der Waals surface area contributed by atoms with Gasteiger partial charge in [-0.1, -0.05) is 29.8 Å². The summed E-state index contributed by atoms with van der Waals surface area (Å²) in [6, 6.07) is 16.6. The lowest BCUT2D eigenvalue weighted by atomic mass is 10.0. The molecule has 0 saturated carbocycles. The lowest BCUT2D eigenvalue weighted by Gasteiger charge is -2.36. The van der Waals surface area contributed by atoms with E-state index in [0.29, 0.717) is 24.3 Å². The van der Waals surface area contributed by atoms with Crippen LogP contribution in [-0.4, -0.2) is 58.7 Å². The summed E-state index contributed by atoms with van der Waals surface area (Å²) in [7, 11) is 1.67. The monoisotopic (exact) mass is 469 g/mol. The molecule has 0 unspecified atom stereocenters. The van der Waals surface area contributed by atoms with Crippen molar-refractivity contribution in [1.29, 1.82) is 0 Å². The number of methoxy groups -OCH3 is 1. The molecule has 0 bridgehead atoms. The van der Waals surface area contributed by atoms with Crippen molar-refractivity contribution in [2.75, 3.05) is 38.2 Å². The Morgan fingerprint density at radius 3 is 2.43 bits per heavy atom. The largest absolute Gasteiger partial charge is 0.497 e. The first-order chi connectivity index (χ1) is 16.9. The summed E-state index contributed by atoms with van der Waals surface area (Å²) in [6.45, 7) is 9.06. The van der Waals surface area contributed by atoms with E-state index in [1.54, 1.807) is 13.3 Å². The van der Waals surface area contributed by atoms with Crippen LogP contribution in [0.5, 0.6) is 5.75 Å². The van der Waals surface area contributed by atoms with Crippen LogP contribution >= 0.6 is 0 Å². The van der Waals surface area contributed by atoms with Gasteiger partial charge in [-0.3, -0.25) is 4.79 Å². The van der Waals surface area contributed by atoms with Crippen molar-refractivity contribution < 1.29 is 9.53 Å². The summed E-state index contributed by atoms with van der Waals surface area (Å²) in [5.41, 5.74) is 7.95. The maximum Gasteiger partial charge on any atom is 0.259 e. The molecule has 2 aromatic carbocycles. The topological polar surface area (TPSA) is 63.0 Å². The van der Waals surface area contributed by atoms with Crippen molar-refractivity contribution in [2.45, 2.75) is 27.2 Å². The number of ether oxygens (including phenoxy) is 1. The minimum atomic E-state index is -0.00730. The number of aromatic nitrogens is 3. The first-order valence-electron chi connectivity index (χ1n) is 12.0. The molecule has 1 saturated heterocycles. The average Bonchev–Trinajstić information content (AvgIpc) is 3.30. The zero-order chi connectivity index (χ0) is 24.5. The predicted octanol–water partition coefficient (Wildman–Crippen LogP) is 4.22. The quantitative estimate of drug-likeness (QED) is 0.438. The Kier molecular flexibility index (Phi) is 6.16. The Morgan fingerprint density at radius 2 is 1.74 bits per heavy atom. The van der Waals surface area contributed by atoms with Gasteiger partial charge in [0.05, 0.1) is 13.3 Å². The molecule has 0 atom stereocenters. The van der Waals surface area contributed by atoms with E-state index >= 15 is 0 Å². The zero-order valence-corrected chi connectivity index (χ0v) is 20.8. The lowest BCUT2D eigenvalue weighted by Crippen LogP contribution is -2.48. The number of piperazine rings is 1. The summed E-state index contributed by atoms with van der Waals surface area (Å²) in [5.74, 6) is 0.836. The van der Waals surface area contributed by atoms with Crippen LogP contribution in [0.2, 0.25) is 0 Å². The third-order valence-corrected chi connectivity index (χ3v) is 6.91. The molecule has 7 nitrogen and oxygen atoms in total. The first kappa shape index (κ1) is 22.9. The fourth-order valence-electron chi connectivity index (χ4n) is 4.88. The number of carbonyl (C=O) groups is 1. The molecule has 1 aliphatic rings. The van der Waals surface area contributed by atoms with E-state index in [-0.39, 0.29) is 5.91 Å². The molecular formula is C28H31N5O2. The van der Waals surface area contributed by atoms with E-state index in [4.69, 9.17) is 9.72 Å². The summed E-state index contributed by atoms with van der Waals surface area (Å²) in [5, 5.41) is 4.56. The minimum absolute atomic E-state index is 0.00730. The number of rotatable bonds is 5. The number of aryl methyl sites for hydroxylation is 3. The maximum atomic E-state index is 13.4. The Bertz CT molecular complexity index is 1370. The number of amides is 1. The van der Waals surface area contributed by atoms with Gasteiger partial charge in [-0.15, -0.1) is 0 Å². The molecule has 5 rings (SSSR count). The average molecular weight is 470 g/mol. The molecule has 0 radical (unpaired) electrons. The highest BCUT2D eigenvalue weighted by molar-refractivity contribution is 5.99. The van der Waals surface area contributed by atoms with Crippen molar-refractivity contribution in [3.8, 4) is 5.75 Å². The number of benzene rings is 2. The Morgan fingerprint density at radius 1 is 1.00 bits per heavy atom. The molecule has 35 heavy (non-hydrogen) atoms. The number of fused-ring (bicyclic) bond motifs is 1. The second-order valence-corrected chi connectivity index (χ2v) is 9.20. The lowest BCUT2D eigenvalue weighted by molar-refractivity contribution is 0.0748. The molecule has 1 fully saturated rings. The number of hydrogen-bond donors (Lipinski definition) is 0. The Labute approximate surface area is 206 Å². The van der Waals surface area contributed by atoms with Gasteiger partial charge in [0.25, 0.3) is 5.91 Å². The SMILES string of the molecule is COc1ccc(N2CCN(C(=O)c3cnn4c(C)c(Cc5cccc(C)c5)c(C)nc34)CC2)cc1. The van der Waals surface area contributed by atoms with Gasteiger partial charge in [0, 0.05) is 49.7 Å². The van der Waals surface area contributed by atoms with Crippen molar-refractivity contribution >= 4 is 17.2 Å². The smallest absolute Gasteiger partial charge is 0.259 e. The van der Waals surface area contributed by atoms with Crippen LogP contribution in [0.4, 0.5) is 5.69 Å². The van der Waals surface area contributed by atoms with Crippen molar-refractivity contribution in [3.05, 3.63) is 88.4 Å². The van der Waals surface area contributed by atoms with Crippen LogP contribution in [0.3, 0.4) is 0 Å². The highest BCUT2D eigenvalue weighted by Gasteiger charge is 2.26. The van der Waals surface area contributed by atoms with Crippen molar-refractivity contribution in [1.82, 2.24) is 19.5 Å². The third-order valence-electron chi connectivity index (χ3n) is 6.91. The van der Waals surface area contributed by atoms with E-state index in [1.165, 1.54) is 11.1 Å². The van der Waals surface area contributed by atoms with Crippen LogP contribution < -0.4 is 9.64 Å². The van der Waals surface area contributed by atoms with Gasteiger partial charge in [-0.2, -0.15) is 5.10 Å². The van der Waals surface area contributed by atoms with Gasteiger partial charge >= 0.3 is 0 Å². The van der Waals surface area contributed by atoms with E-state index in [1.807, 2.05) is 28.5 Å². The molecule has 0 N–H and O–H groups in total. The molecule has 1 aliphatic heterocycles. The number of hydrogen-bond acceptors (Lipinski definition) is 5. The highest BCUT2D eigenvalue weighted by atomic mass is 16.5. The fraction of sp³-hybridized carbons (Fsp3) is 0.321. The summed E-state index contributed by atoms with van der Waals surface area (Å²) >= 11 is 0. The van der Waals surface area contributed by atoms with Gasteiger partial charge in [0.1, 0.15) is 11.3 Å². The standard InChI is InChI=1S/C28H31N5O2/c1-19-6-5-7-22(16-19)17-25-20(2)30-27-26(18-29-33(27)21(25)3)28(34)32-14-12-31(13-15-32)23-8-10-24(35-4)11-9-23/h5-11,16,18H,12-15,17H2,1-4H3. The van der Waals surface area contributed by atoms with E-state index < -0.39 is 0 Å². The minimum Gasteiger partial charge on any atom is -0.497 e. The molecule has 4 aromatic rings. The third kappa shape index (κ3) is 4.46. The van der Waals surface area contributed by atoms with Crippen LogP contribution in [0.25, 0.3) is 5.65 Å². The molecular weight excluding hydrogens is 438 g/mol. The van der Waals surface area contributed by atoms with Gasteiger partial charge in [0.2, 0.25) is 0 Å². The Balaban J connectivity index is 1.34. The van der Waals surface area contributed by atoms with Crippen LogP contribution in [0, 0.1) is 20.8 Å². The molecule has 0 spiro atoms. The van der Waals surface area contributed by atoms with Gasteiger partial charge in [-0.05, 0) is 56.2 Å². The van der Waals surface area contributed by atoms with Crippen molar-refractivity contribution in [2.24, 2.45) is 0 Å². The molecule has 3 heterocycles. The van der Waals surface area contributed by atoms with E-state index in [2.05, 4.69) is 60.2 Å². The Hall–Kier alpha value is -3.87. The number of carbonyl (C=O) groups excluding carboxylic acids is 1. The summed E-state index contributed by atoms with van der Waals surface area (Å²) in [6.07, 6.45) is 2.46. The van der Waals surface area contributed by atoms with Crippen LogP contribution in [-0.2, 0) is 6.42 Å². The molecule has 1 amide bonds. The summed E-state index contributed by atoms with van der Waals surface area (Å²) in [4.78, 5) is 22.5. The maximum absolute atomic E-state index is 13.4. The second-order valence-electron chi connectivity index (χ2n) is 9.20. The summed E-state index contributed by atoms with van der Waals surface area (Å²) < 4.78 is 7.07. The molecule has 0 aliphatic carbocycles. The van der Waals surface area contributed by atoms with Crippen LogP contribution in [0.15, 0.2) is 54.7 Å². The molecule has 7 heteroatoms. The normalized spacial score (nSPS) is 13.9. The molecule has 180 valence electrons. The van der Waals surface area contributed by atoms with Crippen LogP contribution in [0.1, 0.15) is 38.4 Å². The number of nitrogens with zero attached hydrogens (tertiary/aromatic N) is 5. The second kappa shape index (κ2) is 9.41. The fourth-order valence-corrected chi connectivity index (χ4v) is 4.88. The van der Waals surface area contributed by atoms with Gasteiger partial charge in [0.15, 0.2) is 5.65 Å². The predicted molar refractivity (Wildman–Crippen MR) is 138 cm³/mol. The van der Waals surface area contributed by atoms with Gasteiger partial charge in [-0.25, -0.2) is 9.50 Å². The zero-order valence-electron chi connectivity index (χ0n) is 20.8. The van der Waals surface area contributed by atoms with E-state index in [9.17, 15) is 4.79 Å². The molecule has 2 aromatic heterocycles.